The van der Waals surface area contributed by atoms with E-state index >= 15 is 0 Å². The number of nitro groups is 3. The molecular weight excluding hydrogens is 346 g/mol. The number of aromatic nitrogens is 1. The molecule has 3 aromatic rings. The van der Waals surface area contributed by atoms with Gasteiger partial charge in [0.15, 0.2) is 0 Å². The van der Waals surface area contributed by atoms with E-state index < -0.39 is 31.8 Å². The summed E-state index contributed by atoms with van der Waals surface area (Å²) in [5, 5.41) is 32.0. The number of pyridine rings is 1. The SMILES string of the molecule is Nc1ccc2ncccc2c1.O=[N+]([O-])c1cc([N+](=O)[O-])cc([N+](=O)[O-])c1. The number of rotatable bonds is 3. The van der Waals surface area contributed by atoms with Gasteiger partial charge in [0, 0.05) is 17.3 Å². The summed E-state index contributed by atoms with van der Waals surface area (Å²) in [5.74, 6) is 0. The molecule has 26 heavy (non-hydrogen) atoms. The lowest BCUT2D eigenvalue weighted by Crippen LogP contribution is -1.96. The van der Waals surface area contributed by atoms with Crippen LogP contribution in [0.5, 0.6) is 0 Å². The van der Waals surface area contributed by atoms with E-state index in [1.165, 1.54) is 0 Å². The zero-order valence-corrected chi connectivity index (χ0v) is 13.0. The number of nitrogens with zero attached hydrogens (tertiary/aromatic N) is 4. The van der Waals surface area contributed by atoms with E-state index in [0.717, 1.165) is 16.6 Å². The van der Waals surface area contributed by atoms with Crippen molar-refractivity contribution < 1.29 is 14.8 Å². The first-order valence-corrected chi connectivity index (χ1v) is 6.96. The molecule has 0 amide bonds. The van der Waals surface area contributed by atoms with E-state index in [1.54, 1.807) is 6.20 Å². The Kier molecular flexibility index (Phi) is 5.33. The highest BCUT2D eigenvalue weighted by atomic mass is 16.6. The topological polar surface area (TPSA) is 168 Å². The zero-order chi connectivity index (χ0) is 19.3. The average Bonchev–Trinajstić information content (AvgIpc) is 2.61. The van der Waals surface area contributed by atoms with Crippen LogP contribution < -0.4 is 5.73 Å². The molecule has 0 saturated carbocycles. The van der Waals surface area contributed by atoms with Crippen LogP contribution in [0.15, 0.2) is 54.7 Å². The molecule has 0 aliphatic heterocycles. The van der Waals surface area contributed by atoms with Crippen molar-refractivity contribution in [2.24, 2.45) is 0 Å². The monoisotopic (exact) mass is 357 g/mol. The number of benzene rings is 2. The van der Waals surface area contributed by atoms with Gasteiger partial charge in [-0.25, -0.2) is 0 Å². The van der Waals surface area contributed by atoms with E-state index in [4.69, 9.17) is 5.73 Å². The number of anilines is 1. The number of hydrogen-bond donors (Lipinski definition) is 1. The molecule has 11 nitrogen and oxygen atoms in total. The Morgan fingerprint density at radius 2 is 1.27 bits per heavy atom. The quantitative estimate of drug-likeness (QED) is 0.423. The number of non-ortho nitro benzene ring substituents is 3. The Morgan fingerprint density at radius 1 is 0.769 bits per heavy atom. The number of fused-ring (bicyclic) bond motifs is 1. The highest BCUT2D eigenvalue weighted by molar-refractivity contribution is 5.81. The molecule has 0 atom stereocenters. The van der Waals surface area contributed by atoms with Crippen molar-refractivity contribution in [1.29, 1.82) is 0 Å². The molecule has 0 aliphatic rings. The van der Waals surface area contributed by atoms with Gasteiger partial charge in [-0.2, -0.15) is 0 Å². The van der Waals surface area contributed by atoms with Gasteiger partial charge in [0.05, 0.1) is 38.5 Å². The fraction of sp³-hybridized carbons (Fsp3) is 0. The van der Waals surface area contributed by atoms with Gasteiger partial charge >= 0.3 is 0 Å². The summed E-state index contributed by atoms with van der Waals surface area (Å²) in [7, 11) is 0. The second kappa shape index (κ2) is 7.61. The Morgan fingerprint density at radius 3 is 1.73 bits per heavy atom. The number of nitrogen functional groups attached to an aromatic ring is 1. The van der Waals surface area contributed by atoms with E-state index in [1.807, 2.05) is 30.3 Å². The third kappa shape index (κ3) is 4.44. The Balaban J connectivity index is 0.000000195. The summed E-state index contributed by atoms with van der Waals surface area (Å²) in [6.07, 6.45) is 1.78. The fourth-order valence-corrected chi connectivity index (χ4v) is 1.99. The minimum atomic E-state index is -0.931. The van der Waals surface area contributed by atoms with E-state index in [9.17, 15) is 30.3 Å². The predicted octanol–water partition coefficient (Wildman–Crippen LogP) is 3.23. The third-order valence-corrected chi connectivity index (χ3v) is 3.15. The molecule has 132 valence electrons. The van der Waals surface area contributed by atoms with Crippen LogP contribution in [-0.4, -0.2) is 19.8 Å². The normalized spacial score (nSPS) is 9.85. The van der Waals surface area contributed by atoms with Crippen molar-refractivity contribution in [1.82, 2.24) is 4.98 Å². The van der Waals surface area contributed by atoms with Crippen LogP contribution in [0.4, 0.5) is 22.7 Å². The minimum Gasteiger partial charge on any atom is -0.399 e. The summed E-state index contributed by atoms with van der Waals surface area (Å²) in [6, 6.07) is 11.6. The van der Waals surface area contributed by atoms with E-state index in [2.05, 4.69) is 4.98 Å². The molecule has 0 unspecified atom stereocenters. The molecule has 0 bridgehead atoms. The lowest BCUT2D eigenvalue weighted by Gasteiger charge is -1.96. The molecule has 2 N–H and O–H groups in total. The Hall–Kier alpha value is -4.15. The summed E-state index contributed by atoms with van der Waals surface area (Å²) < 4.78 is 0. The molecule has 1 heterocycles. The molecule has 0 saturated heterocycles. The van der Waals surface area contributed by atoms with Gasteiger partial charge in [-0.3, -0.25) is 35.3 Å². The summed E-state index contributed by atoms with van der Waals surface area (Å²) >= 11 is 0. The largest absolute Gasteiger partial charge is 0.399 e. The van der Waals surface area contributed by atoms with Crippen molar-refractivity contribution in [2.45, 2.75) is 0 Å². The lowest BCUT2D eigenvalue weighted by atomic mass is 10.2. The maximum atomic E-state index is 10.3. The van der Waals surface area contributed by atoms with Crippen molar-refractivity contribution in [3.8, 4) is 0 Å². The molecule has 0 radical (unpaired) electrons. The fourth-order valence-electron chi connectivity index (χ4n) is 1.99. The van der Waals surface area contributed by atoms with Crippen LogP contribution in [0.25, 0.3) is 10.9 Å². The summed E-state index contributed by atoms with van der Waals surface area (Å²) in [4.78, 5) is 32.3. The Labute approximate surface area is 145 Å². The van der Waals surface area contributed by atoms with E-state index in [-0.39, 0.29) is 0 Å². The highest BCUT2D eigenvalue weighted by Gasteiger charge is 2.21. The van der Waals surface area contributed by atoms with Gasteiger partial charge in [0.25, 0.3) is 17.1 Å². The first-order chi connectivity index (χ1) is 12.3. The second-order valence-electron chi connectivity index (χ2n) is 4.93. The first kappa shape index (κ1) is 18.2. The molecule has 0 spiro atoms. The van der Waals surface area contributed by atoms with Crippen LogP contribution in [0.3, 0.4) is 0 Å². The van der Waals surface area contributed by atoms with Gasteiger partial charge in [-0.15, -0.1) is 0 Å². The van der Waals surface area contributed by atoms with Crippen LogP contribution in [0.2, 0.25) is 0 Å². The highest BCUT2D eigenvalue weighted by Crippen LogP contribution is 2.26. The summed E-state index contributed by atoms with van der Waals surface area (Å²) in [6.45, 7) is 0. The first-order valence-electron chi connectivity index (χ1n) is 6.96. The number of nitro benzene ring substituents is 3. The van der Waals surface area contributed by atoms with E-state index in [0.29, 0.717) is 18.2 Å². The van der Waals surface area contributed by atoms with Crippen LogP contribution >= 0.6 is 0 Å². The van der Waals surface area contributed by atoms with Gasteiger partial charge in [0.1, 0.15) is 0 Å². The zero-order valence-electron chi connectivity index (χ0n) is 13.0. The standard InChI is InChI=1S/C9H8N2.C6H3N3O6/c10-8-3-4-9-7(6-8)2-1-5-11-9;10-7(11)4-1-5(8(12)13)3-6(2-4)9(14)15/h1-6H,10H2;1-3H. The lowest BCUT2D eigenvalue weighted by molar-refractivity contribution is -0.403. The van der Waals surface area contributed by atoms with Gasteiger partial charge in [-0.1, -0.05) is 6.07 Å². The smallest absolute Gasteiger partial charge is 0.283 e. The van der Waals surface area contributed by atoms with Gasteiger partial charge < -0.3 is 5.73 Å². The van der Waals surface area contributed by atoms with Crippen molar-refractivity contribution in [3.63, 3.8) is 0 Å². The van der Waals surface area contributed by atoms with Crippen LogP contribution in [-0.2, 0) is 0 Å². The molecule has 2 aromatic carbocycles. The Bertz CT molecular complexity index is 928. The second-order valence-corrected chi connectivity index (χ2v) is 4.93. The third-order valence-electron chi connectivity index (χ3n) is 3.15. The average molecular weight is 357 g/mol. The van der Waals surface area contributed by atoms with Crippen LogP contribution in [0, 0.1) is 30.3 Å². The van der Waals surface area contributed by atoms with Crippen molar-refractivity contribution >= 4 is 33.7 Å². The van der Waals surface area contributed by atoms with Crippen molar-refractivity contribution in [2.75, 3.05) is 5.73 Å². The molecular formula is C15H11N5O6. The summed E-state index contributed by atoms with van der Waals surface area (Å²) in [5.41, 5.74) is 5.31. The van der Waals surface area contributed by atoms with Crippen molar-refractivity contribution in [3.05, 3.63) is 85.1 Å². The number of hydrogen-bond acceptors (Lipinski definition) is 8. The molecule has 0 fully saturated rings. The molecule has 1 aromatic heterocycles. The minimum absolute atomic E-state index is 0.660. The number of nitrogens with two attached hydrogens (primary N) is 1. The molecule has 0 aliphatic carbocycles. The maximum Gasteiger partial charge on any atom is 0.283 e. The van der Waals surface area contributed by atoms with Gasteiger partial charge in [-0.05, 0) is 24.3 Å². The maximum absolute atomic E-state index is 10.3. The molecule has 3 rings (SSSR count). The van der Waals surface area contributed by atoms with Gasteiger partial charge in [0.2, 0.25) is 0 Å². The van der Waals surface area contributed by atoms with Crippen LogP contribution in [0.1, 0.15) is 0 Å². The predicted molar refractivity (Wildman–Crippen MR) is 92.6 cm³/mol. The molecule has 11 heteroatoms.